The lowest BCUT2D eigenvalue weighted by molar-refractivity contribution is 0.0102. The van der Waals surface area contributed by atoms with Crippen molar-refractivity contribution in [3.05, 3.63) is 35.6 Å². The Morgan fingerprint density at radius 2 is 2.12 bits per heavy atom. The molecule has 0 spiro atoms. The third kappa shape index (κ3) is 4.29. The Hall–Kier alpha value is -0.930. The summed E-state index contributed by atoms with van der Waals surface area (Å²) >= 11 is 0. The van der Waals surface area contributed by atoms with Gasteiger partial charge in [0.2, 0.25) is 0 Å². The van der Waals surface area contributed by atoms with Crippen LogP contribution in [0.1, 0.15) is 25.8 Å². The molecule has 2 N–H and O–H groups in total. The molecule has 1 aromatic carbocycles. The molecule has 0 bridgehead atoms. The molecule has 0 saturated heterocycles. The SMILES string of the molecule is COC(C)(C)CC(N)Cc1cccc(F)c1. The summed E-state index contributed by atoms with van der Waals surface area (Å²) in [6.45, 7) is 4.00. The fraction of sp³-hybridized carbons (Fsp3) is 0.538. The van der Waals surface area contributed by atoms with E-state index in [0.29, 0.717) is 6.42 Å². The van der Waals surface area contributed by atoms with Gasteiger partial charge in [0.25, 0.3) is 0 Å². The Bertz CT molecular complexity index is 338. The Labute approximate surface area is 96.6 Å². The second kappa shape index (κ2) is 5.41. The van der Waals surface area contributed by atoms with Crippen LogP contribution in [-0.4, -0.2) is 18.8 Å². The Balaban J connectivity index is 2.55. The van der Waals surface area contributed by atoms with Crippen LogP contribution in [0.5, 0.6) is 0 Å². The highest BCUT2D eigenvalue weighted by molar-refractivity contribution is 5.17. The maximum Gasteiger partial charge on any atom is 0.123 e. The van der Waals surface area contributed by atoms with E-state index in [4.69, 9.17) is 10.5 Å². The van der Waals surface area contributed by atoms with E-state index in [-0.39, 0.29) is 17.5 Å². The molecule has 0 aliphatic rings. The van der Waals surface area contributed by atoms with Crippen LogP contribution in [0.4, 0.5) is 4.39 Å². The summed E-state index contributed by atoms with van der Waals surface area (Å²) in [6.07, 6.45) is 1.42. The van der Waals surface area contributed by atoms with Gasteiger partial charge in [0, 0.05) is 13.2 Å². The van der Waals surface area contributed by atoms with Gasteiger partial charge in [-0.2, -0.15) is 0 Å². The third-order valence-electron chi connectivity index (χ3n) is 2.69. The molecule has 90 valence electrons. The first-order valence-electron chi connectivity index (χ1n) is 5.48. The summed E-state index contributed by atoms with van der Waals surface area (Å²) in [7, 11) is 1.68. The first kappa shape index (κ1) is 13.1. The van der Waals surface area contributed by atoms with E-state index in [1.54, 1.807) is 13.2 Å². The van der Waals surface area contributed by atoms with Gasteiger partial charge in [0.05, 0.1) is 5.60 Å². The molecular formula is C13H20FNO. The van der Waals surface area contributed by atoms with E-state index >= 15 is 0 Å². The highest BCUT2D eigenvalue weighted by Crippen LogP contribution is 2.17. The molecule has 0 heterocycles. The predicted octanol–water partition coefficient (Wildman–Crippen LogP) is 2.51. The molecule has 3 heteroatoms. The van der Waals surface area contributed by atoms with Crippen molar-refractivity contribution in [3.63, 3.8) is 0 Å². The van der Waals surface area contributed by atoms with Gasteiger partial charge in [-0.15, -0.1) is 0 Å². The van der Waals surface area contributed by atoms with Crippen molar-refractivity contribution in [2.75, 3.05) is 7.11 Å². The van der Waals surface area contributed by atoms with Crippen molar-refractivity contribution in [3.8, 4) is 0 Å². The lowest BCUT2D eigenvalue weighted by atomic mass is 9.95. The van der Waals surface area contributed by atoms with Gasteiger partial charge in [0.15, 0.2) is 0 Å². The second-order valence-electron chi connectivity index (χ2n) is 4.76. The van der Waals surface area contributed by atoms with Gasteiger partial charge in [-0.05, 0) is 44.4 Å². The van der Waals surface area contributed by atoms with Gasteiger partial charge in [0.1, 0.15) is 5.82 Å². The first-order valence-corrected chi connectivity index (χ1v) is 5.48. The second-order valence-corrected chi connectivity index (χ2v) is 4.76. The third-order valence-corrected chi connectivity index (χ3v) is 2.69. The maximum absolute atomic E-state index is 13.0. The summed E-state index contributed by atoms with van der Waals surface area (Å²) < 4.78 is 18.3. The van der Waals surface area contributed by atoms with Crippen LogP contribution in [0.15, 0.2) is 24.3 Å². The molecule has 0 aromatic heterocycles. The van der Waals surface area contributed by atoms with Crippen LogP contribution in [0.3, 0.4) is 0 Å². The molecule has 0 fully saturated rings. The number of ether oxygens (including phenoxy) is 1. The molecule has 16 heavy (non-hydrogen) atoms. The fourth-order valence-electron chi connectivity index (χ4n) is 1.75. The van der Waals surface area contributed by atoms with Crippen LogP contribution in [0, 0.1) is 5.82 Å². The monoisotopic (exact) mass is 225 g/mol. The van der Waals surface area contributed by atoms with Gasteiger partial charge < -0.3 is 10.5 Å². The normalized spacial score (nSPS) is 13.8. The topological polar surface area (TPSA) is 35.2 Å². The van der Waals surface area contributed by atoms with Gasteiger partial charge >= 0.3 is 0 Å². The Morgan fingerprint density at radius 3 is 2.69 bits per heavy atom. The molecule has 1 aromatic rings. The predicted molar refractivity (Wildman–Crippen MR) is 63.8 cm³/mol. The van der Waals surface area contributed by atoms with Crippen molar-refractivity contribution in [1.82, 2.24) is 0 Å². The van der Waals surface area contributed by atoms with Crippen LogP contribution >= 0.6 is 0 Å². The quantitative estimate of drug-likeness (QED) is 0.835. The minimum atomic E-state index is -0.229. The number of hydrogen-bond donors (Lipinski definition) is 1. The molecule has 0 radical (unpaired) electrons. The number of methoxy groups -OCH3 is 1. The molecule has 1 unspecified atom stereocenters. The van der Waals surface area contributed by atoms with Crippen molar-refractivity contribution >= 4 is 0 Å². The van der Waals surface area contributed by atoms with E-state index < -0.39 is 0 Å². The molecule has 1 atom stereocenters. The number of nitrogens with two attached hydrogens (primary N) is 1. The van der Waals surface area contributed by atoms with Crippen LogP contribution < -0.4 is 5.73 Å². The van der Waals surface area contributed by atoms with Crippen molar-refractivity contribution < 1.29 is 9.13 Å². The average molecular weight is 225 g/mol. The minimum absolute atomic E-state index is 0.0169. The zero-order chi connectivity index (χ0) is 12.2. The molecule has 0 aliphatic heterocycles. The van der Waals surface area contributed by atoms with Gasteiger partial charge in [-0.1, -0.05) is 12.1 Å². The van der Waals surface area contributed by atoms with Crippen LogP contribution in [0.2, 0.25) is 0 Å². The van der Waals surface area contributed by atoms with Gasteiger partial charge in [-0.25, -0.2) is 4.39 Å². The lowest BCUT2D eigenvalue weighted by Crippen LogP contribution is -2.35. The first-order chi connectivity index (χ1) is 7.43. The smallest absolute Gasteiger partial charge is 0.123 e. The zero-order valence-electron chi connectivity index (χ0n) is 10.2. The standard InChI is InChI=1S/C13H20FNO/c1-13(2,16-3)9-12(15)8-10-5-4-6-11(14)7-10/h4-7,12H,8-9,15H2,1-3H3. The summed E-state index contributed by atoms with van der Waals surface area (Å²) in [5.74, 6) is -0.212. The number of benzene rings is 1. The Morgan fingerprint density at radius 1 is 1.44 bits per heavy atom. The van der Waals surface area contributed by atoms with Crippen molar-refractivity contribution in [2.45, 2.75) is 38.3 Å². The van der Waals surface area contributed by atoms with E-state index in [9.17, 15) is 4.39 Å². The van der Waals surface area contributed by atoms with E-state index in [0.717, 1.165) is 12.0 Å². The lowest BCUT2D eigenvalue weighted by Gasteiger charge is -2.26. The molecule has 1 rings (SSSR count). The summed E-state index contributed by atoms with van der Waals surface area (Å²) in [6, 6.07) is 6.55. The van der Waals surface area contributed by atoms with Crippen molar-refractivity contribution in [1.29, 1.82) is 0 Å². The number of rotatable bonds is 5. The molecular weight excluding hydrogens is 205 g/mol. The molecule has 0 aliphatic carbocycles. The van der Waals surface area contributed by atoms with Crippen LogP contribution in [-0.2, 0) is 11.2 Å². The summed E-state index contributed by atoms with van der Waals surface area (Å²) in [4.78, 5) is 0. The number of hydrogen-bond acceptors (Lipinski definition) is 2. The van der Waals surface area contributed by atoms with Gasteiger partial charge in [-0.3, -0.25) is 0 Å². The van der Waals surface area contributed by atoms with Crippen molar-refractivity contribution in [2.24, 2.45) is 5.73 Å². The average Bonchev–Trinajstić information content (AvgIpc) is 2.16. The van der Waals surface area contributed by atoms with E-state index in [1.807, 2.05) is 19.9 Å². The maximum atomic E-state index is 13.0. The van der Waals surface area contributed by atoms with E-state index in [2.05, 4.69) is 0 Å². The largest absolute Gasteiger partial charge is 0.379 e. The summed E-state index contributed by atoms with van der Waals surface area (Å²) in [5.41, 5.74) is 6.72. The molecule has 0 saturated carbocycles. The highest BCUT2D eigenvalue weighted by Gasteiger charge is 2.20. The fourth-order valence-corrected chi connectivity index (χ4v) is 1.75. The molecule has 0 amide bonds. The number of halogens is 1. The molecule has 2 nitrogen and oxygen atoms in total. The minimum Gasteiger partial charge on any atom is -0.379 e. The summed E-state index contributed by atoms with van der Waals surface area (Å²) in [5, 5.41) is 0. The van der Waals surface area contributed by atoms with E-state index in [1.165, 1.54) is 12.1 Å². The van der Waals surface area contributed by atoms with Crippen LogP contribution in [0.25, 0.3) is 0 Å². The zero-order valence-corrected chi connectivity index (χ0v) is 10.2. The Kier molecular flexibility index (Phi) is 4.44. The highest BCUT2D eigenvalue weighted by atomic mass is 19.1.